The van der Waals surface area contributed by atoms with Gasteiger partial charge in [0.25, 0.3) is 0 Å². The number of aromatic nitrogens is 2. The van der Waals surface area contributed by atoms with Crippen molar-refractivity contribution in [3.05, 3.63) is 45.2 Å². The summed E-state index contributed by atoms with van der Waals surface area (Å²) in [5.74, 6) is 0.107. The van der Waals surface area contributed by atoms with E-state index < -0.39 is 4.92 Å². The summed E-state index contributed by atoms with van der Waals surface area (Å²) in [7, 11) is 0. The lowest BCUT2D eigenvalue weighted by Crippen LogP contribution is -2.27. The Labute approximate surface area is 158 Å². The SMILES string of the molecule is N#CCCN(CCC#N)c1ncnc(Nc2ccccc2Br)c1[N+](=O)[O-]. The van der Waals surface area contributed by atoms with E-state index in [2.05, 4.69) is 31.2 Å². The van der Waals surface area contributed by atoms with Gasteiger partial charge in [-0.3, -0.25) is 10.1 Å². The molecule has 1 aromatic carbocycles. The molecule has 0 bridgehead atoms. The smallest absolute Gasteiger partial charge is 0.349 e. The highest BCUT2D eigenvalue weighted by Crippen LogP contribution is 2.35. The minimum atomic E-state index is -0.569. The zero-order valence-electron chi connectivity index (χ0n) is 13.6. The molecule has 1 N–H and O–H groups in total. The Kier molecular flexibility index (Phi) is 6.83. The molecule has 0 saturated heterocycles. The maximum atomic E-state index is 11.7. The van der Waals surface area contributed by atoms with Crippen molar-refractivity contribution in [2.75, 3.05) is 23.3 Å². The zero-order valence-corrected chi connectivity index (χ0v) is 15.2. The lowest BCUT2D eigenvalue weighted by Gasteiger charge is -2.21. The van der Waals surface area contributed by atoms with Gasteiger partial charge in [-0.15, -0.1) is 0 Å². The molecule has 26 heavy (non-hydrogen) atoms. The standard InChI is InChI=1S/C16H14BrN7O2/c17-12-5-1-2-6-13(12)22-15-14(24(25)26)16(21-11-20-15)23(9-3-7-18)10-4-8-19/h1-2,5-6,11H,3-4,9-10H2,(H,20,21,22). The summed E-state index contributed by atoms with van der Waals surface area (Å²) in [4.78, 5) is 20.7. The van der Waals surface area contributed by atoms with E-state index >= 15 is 0 Å². The number of anilines is 3. The van der Waals surface area contributed by atoms with Crippen LogP contribution in [0.2, 0.25) is 0 Å². The summed E-state index contributed by atoms with van der Waals surface area (Å²) in [6, 6.07) is 11.1. The molecule has 0 aliphatic rings. The van der Waals surface area contributed by atoms with Gasteiger partial charge in [0.1, 0.15) is 6.33 Å². The number of hydrogen-bond acceptors (Lipinski definition) is 8. The predicted octanol–water partition coefficient (Wildman–Crippen LogP) is 3.52. The Balaban J connectivity index is 2.46. The van der Waals surface area contributed by atoms with Crippen LogP contribution < -0.4 is 10.2 Å². The molecule has 0 aliphatic carbocycles. The molecule has 0 amide bonds. The minimum absolute atomic E-state index is 0.0332. The molecular weight excluding hydrogens is 402 g/mol. The van der Waals surface area contributed by atoms with Crippen LogP contribution in [-0.4, -0.2) is 28.0 Å². The lowest BCUT2D eigenvalue weighted by atomic mass is 10.3. The van der Waals surface area contributed by atoms with Gasteiger partial charge in [-0.2, -0.15) is 10.5 Å². The van der Waals surface area contributed by atoms with Crippen molar-refractivity contribution < 1.29 is 4.92 Å². The normalized spacial score (nSPS) is 9.81. The Morgan fingerprint density at radius 2 is 1.85 bits per heavy atom. The molecule has 9 nitrogen and oxygen atoms in total. The van der Waals surface area contributed by atoms with Crippen LogP contribution in [0.1, 0.15) is 12.8 Å². The Bertz CT molecular complexity index is 858. The fourth-order valence-electron chi connectivity index (χ4n) is 2.24. The molecule has 0 spiro atoms. The van der Waals surface area contributed by atoms with Crippen molar-refractivity contribution in [1.29, 1.82) is 10.5 Å². The van der Waals surface area contributed by atoms with Crippen LogP contribution in [-0.2, 0) is 0 Å². The molecule has 1 aromatic heterocycles. The maximum absolute atomic E-state index is 11.7. The topological polar surface area (TPSA) is 132 Å². The van der Waals surface area contributed by atoms with Crippen LogP contribution in [0, 0.1) is 32.8 Å². The number of benzene rings is 1. The third-order valence-corrected chi connectivity index (χ3v) is 4.09. The molecule has 132 valence electrons. The van der Waals surface area contributed by atoms with Gasteiger partial charge in [0.05, 0.1) is 35.6 Å². The number of nitro groups is 1. The zero-order chi connectivity index (χ0) is 18.9. The van der Waals surface area contributed by atoms with Gasteiger partial charge in [-0.25, -0.2) is 9.97 Å². The number of hydrogen-bond donors (Lipinski definition) is 1. The van der Waals surface area contributed by atoms with Crippen molar-refractivity contribution >= 4 is 38.9 Å². The van der Waals surface area contributed by atoms with Crippen molar-refractivity contribution in [2.24, 2.45) is 0 Å². The van der Waals surface area contributed by atoms with E-state index in [1.54, 1.807) is 23.1 Å². The van der Waals surface area contributed by atoms with E-state index in [-0.39, 0.29) is 43.3 Å². The summed E-state index contributed by atoms with van der Waals surface area (Å²) in [5.41, 5.74) is 0.306. The fraction of sp³-hybridized carbons (Fsp3) is 0.250. The van der Waals surface area contributed by atoms with Crippen molar-refractivity contribution in [1.82, 2.24) is 9.97 Å². The van der Waals surface area contributed by atoms with E-state index in [4.69, 9.17) is 10.5 Å². The number of rotatable bonds is 8. The minimum Gasteiger partial charge on any atom is -0.349 e. The Morgan fingerprint density at radius 3 is 2.42 bits per heavy atom. The highest BCUT2D eigenvalue weighted by atomic mass is 79.9. The van der Waals surface area contributed by atoms with Gasteiger partial charge in [0.2, 0.25) is 11.6 Å². The van der Waals surface area contributed by atoms with E-state index in [1.165, 1.54) is 6.33 Å². The maximum Gasteiger partial charge on any atom is 0.353 e. The summed E-state index contributed by atoms with van der Waals surface area (Å²) in [6.07, 6.45) is 1.52. The summed E-state index contributed by atoms with van der Waals surface area (Å²) < 4.78 is 0.722. The first-order valence-corrected chi connectivity index (χ1v) is 8.37. The van der Waals surface area contributed by atoms with Gasteiger partial charge in [-0.05, 0) is 28.1 Å². The van der Waals surface area contributed by atoms with E-state index in [9.17, 15) is 10.1 Å². The Morgan fingerprint density at radius 1 is 1.19 bits per heavy atom. The van der Waals surface area contributed by atoms with Gasteiger partial charge >= 0.3 is 5.69 Å². The van der Waals surface area contributed by atoms with E-state index in [1.807, 2.05) is 18.2 Å². The third kappa shape index (κ3) is 4.65. The quantitative estimate of drug-likeness (QED) is 0.511. The van der Waals surface area contributed by atoms with Crippen molar-refractivity contribution in [3.63, 3.8) is 0 Å². The van der Waals surface area contributed by atoms with Crippen LogP contribution in [0.3, 0.4) is 0 Å². The van der Waals surface area contributed by atoms with Gasteiger partial charge in [-0.1, -0.05) is 12.1 Å². The summed E-state index contributed by atoms with van der Waals surface area (Å²) in [6.45, 7) is 0.453. The molecule has 0 unspecified atom stereocenters. The summed E-state index contributed by atoms with van der Waals surface area (Å²) >= 11 is 3.37. The average Bonchev–Trinajstić information content (AvgIpc) is 2.63. The number of halogens is 1. The first-order valence-electron chi connectivity index (χ1n) is 7.58. The third-order valence-electron chi connectivity index (χ3n) is 3.40. The molecular formula is C16H14BrN7O2. The Hall–Kier alpha value is -3.24. The van der Waals surface area contributed by atoms with Gasteiger partial charge in [0, 0.05) is 17.6 Å². The molecule has 2 rings (SSSR count). The van der Waals surface area contributed by atoms with Crippen LogP contribution in [0.4, 0.5) is 23.0 Å². The number of nitrogens with one attached hydrogen (secondary N) is 1. The molecule has 0 aliphatic heterocycles. The van der Waals surface area contributed by atoms with E-state index in [0.717, 1.165) is 4.47 Å². The van der Waals surface area contributed by atoms with Crippen LogP contribution in [0.15, 0.2) is 35.1 Å². The van der Waals surface area contributed by atoms with Crippen molar-refractivity contribution in [2.45, 2.75) is 12.8 Å². The molecule has 0 fully saturated rings. The van der Waals surface area contributed by atoms with Crippen LogP contribution in [0.25, 0.3) is 0 Å². The second kappa shape index (κ2) is 9.30. The first-order chi connectivity index (χ1) is 12.6. The predicted molar refractivity (Wildman–Crippen MR) is 98.8 cm³/mol. The van der Waals surface area contributed by atoms with Gasteiger partial charge < -0.3 is 10.2 Å². The lowest BCUT2D eigenvalue weighted by molar-refractivity contribution is -0.383. The summed E-state index contributed by atoms with van der Waals surface area (Å²) in [5, 5.41) is 32.3. The fourth-order valence-corrected chi connectivity index (χ4v) is 2.63. The number of nitriles is 2. The van der Waals surface area contributed by atoms with Gasteiger partial charge in [0.15, 0.2) is 0 Å². The number of nitrogens with zero attached hydrogens (tertiary/aromatic N) is 6. The molecule has 0 atom stereocenters. The van der Waals surface area contributed by atoms with Crippen LogP contribution >= 0.6 is 15.9 Å². The van der Waals surface area contributed by atoms with E-state index in [0.29, 0.717) is 5.69 Å². The van der Waals surface area contributed by atoms with Crippen molar-refractivity contribution in [3.8, 4) is 12.1 Å². The molecule has 2 aromatic rings. The molecule has 0 radical (unpaired) electrons. The molecule has 1 heterocycles. The average molecular weight is 416 g/mol. The second-order valence-corrected chi connectivity index (χ2v) is 5.91. The number of para-hydroxylation sites is 1. The largest absolute Gasteiger partial charge is 0.353 e. The molecule has 10 heteroatoms. The highest BCUT2D eigenvalue weighted by molar-refractivity contribution is 9.10. The second-order valence-electron chi connectivity index (χ2n) is 5.06. The highest BCUT2D eigenvalue weighted by Gasteiger charge is 2.27. The molecule has 0 saturated carbocycles. The monoisotopic (exact) mass is 415 g/mol. The van der Waals surface area contributed by atoms with Crippen LogP contribution in [0.5, 0.6) is 0 Å². The first kappa shape index (κ1) is 19.1.